The molecule has 2 amide bonds. The van der Waals surface area contributed by atoms with Crippen molar-refractivity contribution in [3.8, 4) is 0 Å². The van der Waals surface area contributed by atoms with Crippen molar-refractivity contribution in [2.45, 2.75) is 19.8 Å². The minimum absolute atomic E-state index is 0.169. The second-order valence-electron chi connectivity index (χ2n) is 6.53. The Bertz CT molecular complexity index is 1000. The number of aromatic nitrogens is 1. The number of anilines is 1. The third kappa shape index (κ3) is 5.48. The molecule has 0 bridgehead atoms. The summed E-state index contributed by atoms with van der Waals surface area (Å²) in [5, 5.41) is 5.65. The molecular weight excluding hydrogens is 369 g/mol. The quantitative estimate of drug-likeness (QED) is 0.639. The van der Waals surface area contributed by atoms with E-state index < -0.39 is 0 Å². The van der Waals surface area contributed by atoms with Gasteiger partial charge in [0.05, 0.1) is 0 Å². The van der Waals surface area contributed by atoms with E-state index in [-0.39, 0.29) is 23.3 Å². The maximum Gasteiger partial charge on any atom is 0.274 e. The number of amides is 2. The molecule has 6 heteroatoms. The van der Waals surface area contributed by atoms with Crippen molar-refractivity contribution in [2.24, 2.45) is 0 Å². The highest BCUT2D eigenvalue weighted by Crippen LogP contribution is 2.16. The topological polar surface area (TPSA) is 71.1 Å². The van der Waals surface area contributed by atoms with Crippen LogP contribution in [0.25, 0.3) is 0 Å². The van der Waals surface area contributed by atoms with Crippen LogP contribution in [-0.2, 0) is 12.8 Å². The molecule has 2 N–H and O–H groups in total. The van der Waals surface area contributed by atoms with Gasteiger partial charge in [0, 0.05) is 24.0 Å². The Labute approximate surface area is 169 Å². The lowest BCUT2D eigenvalue weighted by atomic mass is 10.1. The summed E-state index contributed by atoms with van der Waals surface area (Å²) < 4.78 is 12.9. The van der Waals surface area contributed by atoms with Crippen molar-refractivity contribution in [3.63, 3.8) is 0 Å². The molecule has 5 nitrogen and oxygen atoms in total. The zero-order valence-corrected chi connectivity index (χ0v) is 16.1. The van der Waals surface area contributed by atoms with Crippen molar-refractivity contribution >= 4 is 17.5 Å². The van der Waals surface area contributed by atoms with Gasteiger partial charge in [-0.25, -0.2) is 4.39 Å². The number of aryl methyl sites for hydroxylation is 1. The van der Waals surface area contributed by atoms with Crippen LogP contribution >= 0.6 is 0 Å². The van der Waals surface area contributed by atoms with E-state index in [1.807, 2.05) is 31.2 Å². The number of rotatable bonds is 7. The summed E-state index contributed by atoms with van der Waals surface area (Å²) in [7, 11) is 0. The zero-order valence-electron chi connectivity index (χ0n) is 16.1. The van der Waals surface area contributed by atoms with Gasteiger partial charge < -0.3 is 10.6 Å². The van der Waals surface area contributed by atoms with E-state index in [9.17, 15) is 14.0 Å². The summed E-state index contributed by atoms with van der Waals surface area (Å²) in [6, 6.07) is 16.7. The van der Waals surface area contributed by atoms with Crippen LogP contribution in [0.1, 0.15) is 38.9 Å². The first kappa shape index (κ1) is 20.2. The number of carbonyl (C=O) groups excluding carboxylic acids is 2. The molecule has 0 radical (unpaired) electrons. The van der Waals surface area contributed by atoms with E-state index >= 15 is 0 Å². The highest BCUT2D eigenvalue weighted by molar-refractivity contribution is 6.05. The maximum absolute atomic E-state index is 12.9. The Morgan fingerprint density at radius 1 is 1.00 bits per heavy atom. The van der Waals surface area contributed by atoms with E-state index in [2.05, 4.69) is 15.6 Å². The van der Waals surface area contributed by atoms with E-state index in [0.29, 0.717) is 18.5 Å². The van der Waals surface area contributed by atoms with E-state index in [0.717, 1.165) is 23.2 Å². The van der Waals surface area contributed by atoms with E-state index in [1.165, 1.54) is 24.4 Å². The molecule has 0 saturated heterocycles. The van der Waals surface area contributed by atoms with Crippen LogP contribution in [0.2, 0.25) is 0 Å². The molecule has 0 aliphatic rings. The number of nitrogens with one attached hydrogen (secondary N) is 2. The first-order valence-corrected chi connectivity index (χ1v) is 9.44. The lowest BCUT2D eigenvalue weighted by Gasteiger charge is -2.10. The molecule has 0 aliphatic heterocycles. The third-order valence-corrected chi connectivity index (χ3v) is 4.51. The molecule has 3 rings (SSSR count). The molecule has 2 aromatic carbocycles. The Kier molecular flexibility index (Phi) is 6.68. The molecule has 0 atom stereocenters. The van der Waals surface area contributed by atoms with Gasteiger partial charge in [-0.3, -0.25) is 14.6 Å². The van der Waals surface area contributed by atoms with E-state index in [4.69, 9.17) is 0 Å². The summed E-state index contributed by atoms with van der Waals surface area (Å²) in [5.74, 6) is -0.952. The van der Waals surface area contributed by atoms with Crippen molar-refractivity contribution < 1.29 is 14.0 Å². The number of hydrogen-bond donors (Lipinski definition) is 2. The van der Waals surface area contributed by atoms with Crippen LogP contribution in [-0.4, -0.2) is 23.3 Å². The zero-order chi connectivity index (χ0) is 20.6. The van der Waals surface area contributed by atoms with Crippen molar-refractivity contribution in [1.82, 2.24) is 10.3 Å². The highest BCUT2D eigenvalue weighted by atomic mass is 19.1. The van der Waals surface area contributed by atoms with Crippen molar-refractivity contribution in [2.75, 3.05) is 11.9 Å². The maximum atomic E-state index is 12.9. The minimum atomic E-state index is -0.369. The lowest BCUT2D eigenvalue weighted by molar-refractivity contribution is 0.0954. The molecule has 0 aliphatic carbocycles. The Morgan fingerprint density at radius 2 is 1.76 bits per heavy atom. The van der Waals surface area contributed by atoms with Gasteiger partial charge in [-0.05, 0) is 54.3 Å². The van der Waals surface area contributed by atoms with Gasteiger partial charge in [-0.1, -0.05) is 37.3 Å². The standard InChI is InChI=1S/C23H22FN3O2/c1-2-17-5-3-4-6-20(17)27-23(29)21-15-18(12-14-25-21)22(28)26-13-11-16-7-9-19(24)10-8-16/h3-10,12,14-15H,2,11,13H2,1H3,(H,26,28)(H,27,29). The molecule has 148 valence electrons. The lowest BCUT2D eigenvalue weighted by Crippen LogP contribution is -2.26. The Hall–Kier alpha value is -3.54. The van der Waals surface area contributed by atoms with Crippen LogP contribution in [0.15, 0.2) is 66.9 Å². The first-order chi connectivity index (χ1) is 14.1. The van der Waals surface area contributed by atoms with Crippen LogP contribution in [0.4, 0.5) is 10.1 Å². The molecule has 0 spiro atoms. The van der Waals surface area contributed by atoms with Crippen LogP contribution in [0, 0.1) is 5.82 Å². The molecular formula is C23H22FN3O2. The predicted octanol–water partition coefficient (Wildman–Crippen LogP) is 4.01. The van der Waals surface area contributed by atoms with Gasteiger partial charge in [0.2, 0.25) is 0 Å². The smallest absolute Gasteiger partial charge is 0.274 e. The van der Waals surface area contributed by atoms with Crippen molar-refractivity contribution in [3.05, 3.63) is 95.1 Å². The number of para-hydroxylation sites is 1. The third-order valence-electron chi connectivity index (χ3n) is 4.51. The molecule has 1 aromatic heterocycles. The summed E-state index contributed by atoms with van der Waals surface area (Å²) in [6.45, 7) is 2.42. The SMILES string of the molecule is CCc1ccccc1NC(=O)c1cc(C(=O)NCCc2ccc(F)cc2)ccn1. The average Bonchev–Trinajstić information content (AvgIpc) is 2.75. The first-order valence-electron chi connectivity index (χ1n) is 9.44. The summed E-state index contributed by atoms with van der Waals surface area (Å²) in [6.07, 6.45) is 2.81. The number of benzene rings is 2. The second-order valence-corrected chi connectivity index (χ2v) is 6.53. The van der Waals surface area contributed by atoms with Gasteiger partial charge in [-0.15, -0.1) is 0 Å². The summed E-state index contributed by atoms with van der Waals surface area (Å²) in [5.41, 5.74) is 3.21. The summed E-state index contributed by atoms with van der Waals surface area (Å²) in [4.78, 5) is 29.0. The fraction of sp³-hybridized carbons (Fsp3) is 0.174. The fourth-order valence-electron chi connectivity index (χ4n) is 2.91. The molecule has 29 heavy (non-hydrogen) atoms. The molecule has 0 unspecified atom stereocenters. The normalized spacial score (nSPS) is 10.4. The largest absolute Gasteiger partial charge is 0.352 e. The Morgan fingerprint density at radius 3 is 2.52 bits per heavy atom. The number of pyridine rings is 1. The van der Waals surface area contributed by atoms with Gasteiger partial charge >= 0.3 is 0 Å². The van der Waals surface area contributed by atoms with Crippen LogP contribution in [0.5, 0.6) is 0 Å². The van der Waals surface area contributed by atoms with Gasteiger partial charge in [0.15, 0.2) is 0 Å². The number of nitrogens with zero attached hydrogens (tertiary/aromatic N) is 1. The number of hydrogen-bond acceptors (Lipinski definition) is 3. The van der Waals surface area contributed by atoms with E-state index in [1.54, 1.807) is 18.2 Å². The number of carbonyl (C=O) groups is 2. The molecule has 0 fully saturated rings. The summed E-state index contributed by atoms with van der Waals surface area (Å²) >= 11 is 0. The van der Waals surface area contributed by atoms with Gasteiger partial charge in [-0.2, -0.15) is 0 Å². The number of halogens is 1. The molecule has 0 saturated carbocycles. The van der Waals surface area contributed by atoms with Gasteiger partial charge in [0.25, 0.3) is 11.8 Å². The van der Waals surface area contributed by atoms with Crippen LogP contribution in [0.3, 0.4) is 0 Å². The Balaban J connectivity index is 1.61. The molecule has 3 aromatic rings. The monoisotopic (exact) mass is 391 g/mol. The fourth-order valence-corrected chi connectivity index (χ4v) is 2.91. The minimum Gasteiger partial charge on any atom is -0.352 e. The predicted molar refractivity (Wildman–Crippen MR) is 110 cm³/mol. The second kappa shape index (κ2) is 9.59. The van der Waals surface area contributed by atoms with Gasteiger partial charge in [0.1, 0.15) is 11.5 Å². The molecule has 1 heterocycles. The van der Waals surface area contributed by atoms with Crippen molar-refractivity contribution in [1.29, 1.82) is 0 Å². The van der Waals surface area contributed by atoms with Crippen LogP contribution < -0.4 is 10.6 Å². The highest BCUT2D eigenvalue weighted by Gasteiger charge is 2.13. The average molecular weight is 391 g/mol.